The van der Waals surface area contributed by atoms with Gasteiger partial charge >= 0.3 is 5.97 Å². The van der Waals surface area contributed by atoms with Gasteiger partial charge in [-0.05, 0) is 37.6 Å². The predicted octanol–water partition coefficient (Wildman–Crippen LogP) is 2.81. The van der Waals surface area contributed by atoms with E-state index in [1.807, 2.05) is 24.3 Å². The molecule has 2 atom stereocenters. The molecule has 0 bridgehead atoms. The minimum atomic E-state index is -0.684. The van der Waals surface area contributed by atoms with Crippen LogP contribution in [-0.4, -0.2) is 29.1 Å². The lowest BCUT2D eigenvalue weighted by molar-refractivity contribution is -0.141. The SMILES string of the molecule is C[C@H](c1ccc(Cl)cc1)N1CC[C@@H](C(=O)O)C1. The number of likely N-dealkylation sites (tertiary alicyclic amines) is 1. The van der Waals surface area contributed by atoms with Gasteiger partial charge in [0.05, 0.1) is 5.92 Å². The Hall–Kier alpha value is -1.06. The van der Waals surface area contributed by atoms with E-state index in [0.717, 1.165) is 18.0 Å². The molecular weight excluding hydrogens is 238 g/mol. The lowest BCUT2D eigenvalue weighted by atomic mass is 10.1. The topological polar surface area (TPSA) is 40.5 Å². The first-order valence-electron chi connectivity index (χ1n) is 5.80. The minimum Gasteiger partial charge on any atom is -0.481 e. The van der Waals surface area contributed by atoms with Crippen molar-refractivity contribution >= 4 is 17.6 Å². The summed E-state index contributed by atoms with van der Waals surface area (Å²) >= 11 is 5.85. The van der Waals surface area contributed by atoms with Gasteiger partial charge in [0, 0.05) is 17.6 Å². The van der Waals surface area contributed by atoms with E-state index >= 15 is 0 Å². The zero-order valence-corrected chi connectivity index (χ0v) is 10.5. The van der Waals surface area contributed by atoms with Gasteiger partial charge in [-0.25, -0.2) is 0 Å². The van der Waals surface area contributed by atoms with Crippen molar-refractivity contribution in [3.63, 3.8) is 0 Å². The smallest absolute Gasteiger partial charge is 0.307 e. The van der Waals surface area contributed by atoms with Crippen molar-refractivity contribution in [1.29, 1.82) is 0 Å². The standard InChI is InChI=1S/C13H16ClNO2/c1-9(10-2-4-12(14)5-3-10)15-7-6-11(8-15)13(16)17/h2-5,9,11H,6-8H2,1H3,(H,16,17)/t9-,11-/m1/s1. The zero-order chi connectivity index (χ0) is 12.4. The predicted molar refractivity (Wildman–Crippen MR) is 67.2 cm³/mol. The lowest BCUT2D eigenvalue weighted by Crippen LogP contribution is -2.26. The molecule has 2 rings (SSSR count). The molecular formula is C13H16ClNO2. The second-order valence-electron chi connectivity index (χ2n) is 4.55. The third-order valence-corrected chi connectivity index (χ3v) is 3.72. The van der Waals surface area contributed by atoms with Crippen LogP contribution in [0.15, 0.2) is 24.3 Å². The summed E-state index contributed by atoms with van der Waals surface area (Å²) in [7, 11) is 0. The number of halogens is 1. The average molecular weight is 254 g/mol. The van der Waals surface area contributed by atoms with E-state index < -0.39 is 5.97 Å². The summed E-state index contributed by atoms with van der Waals surface area (Å²) in [5, 5.41) is 9.70. The maximum absolute atomic E-state index is 10.9. The van der Waals surface area contributed by atoms with E-state index in [4.69, 9.17) is 16.7 Å². The Morgan fingerprint density at radius 3 is 2.65 bits per heavy atom. The molecule has 0 radical (unpaired) electrons. The van der Waals surface area contributed by atoms with Crippen molar-refractivity contribution < 1.29 is 9.90 Å². The number of rotatable bonds is 3. The molecule has 17 heavy (non-hydrogen) atoms. The van der Waals surface area contributed by atoms with Crippen LogP contribution in [0.3, 0.4) is 0 Å². The van der Waals surface area contributed by atoms with Crippen LogP contribution in [0, 0.1) is 5.92 Å². The molecule has 92 valence electrons. The number of benzene rings is 1. The molecule has 1 N–H and O–H groups in total. The van der Waals surface area contributed by atoms with Crippen LogP contribution in [0.1, 0.15) is 24.9 Å². The Balaban J connectivity index is 2.04. The second kappa shape index (κ2) is 5.07. The number of carboxylic acids is 1. The summed E-state index contributed by atoms with van der Waals surface area (Å²) in [6.45, 7) is 3.59. The van der Waals surface area contributed by atoms with Crippen LogP contribution in [0.2, 0.25) is 5.02 Å². The first-order valence-corrected chi connectivity index (χ1v) is 6.18. The van der Waals surface area contributed by atoms with Crippen LogP contribution in [0.25, 0.3) is 0 Å². The molecule has 0 unspecified atom stereocenters. The molecule has 0 amide bonds. The highest BCUT2D eigenvalue weighted by molar-refractivity contribution is 6.30. The normalized spacial score (nSPS) is 22.6. The maximum atomic E-state index is 10.9. The van der Waals surface area contributed by atoms with Gasteiger partial charge in [0.15, 0.2) is 0 Å². The van der Waals surface area contributed by atoms with Crippen molar-refractivity contribution in [2.24, 2.45) is 5.92 Å². The number of carboxylic acid groups (broad SMARTS) is 1. The largest absolute Gasteiger partial charge is 0.481 e. The first-order chi connectivity index (χ1) is 8.08. The Kier molecular flexibility index (Phi) is 3.69. The summed E-state index contributed by atoms with van der Waals surface area (Å²) in [6, 6.07) is 8.00. The molecule has 1 aromatic rings. The van der Waals surface area contributed by atoms with Crippen molar-refractivity contribution in [1.82, 2.24) is 4.90 Å². The summed E-state index contributed by atoms with van der Waals surface area (Å²) in [5.74, 6) is -0.902. The van der Waals surface area contributed by atoms with E-state index in [9.17, 15) is 4.79 Å². The Morgan fingerprint density at radius 1 is 1.47 bits per heavy atom. The van der Waals surface area contributed by atoms with Gasteiger partial charge in [-0.15, -0.1) is 0 Å². The molecule has 1 aromatic carbocycles. The maximum Gasteiger partial charge on any atom is 0.307 e. The first kappa shape index (κ1) is 12.4. The number of carbonyl (C=O) groups is 1. The molecule has 4 heteroatoms. The molecule has 1 saturated heterocycles. The molecule has 1 heterocycles. The van der Waals surface area contributed by atoms with Crippen LogP contribution in [0.4, 0.5) is 0 Å². The molecule has 1 aliphatic rings. The fourth-order valence-electron chi connectivity index (χ4n) is 2.29. The van der Waals surface area contributed by atoms with Gasteiger partial charge in [-0.3, -0.25) is 9.69 Å². The summed E-state index contributed by atoms with van der Waals surface area (Å²) in [6.07, 6.45) is 0.743. The van der Waals surface area contributed by atoms with Crippen LogP contribution in [-0.2, 0) is 4.79 Å². The van der Waals surface area contributed by atoms with Crippen LogP contribution < -0.4 is 0 Å². The lowest BCUT2D eigenvalue weighted by Gasteiger charge is -2.24. The molecule has 3 nitrogen and oxygen atoms in total. The average Bonchev–Trinajstić information content (AvgIpc) is 2.78. The third-order valence-electron chi connectivity index (χ3n) is 3.47. The van der Waals surface area contributed by atoms with Gasteiger partial charge < -0.3 is 5.11 Å². The van der Waals surface area contributed by atoms with E-state index in [1.54, 1.807) is 0 Å². The molecule has 0 saturated carbocycles. The highest BCUT2D eigenvalue weighted by Gasteiger charge is 2.30. The number of hydrogen-bond donors (Lipinski definition) is 1. The minimum absolute atomic E-state index is 0.218. The van der Waals surface area contributed by atoms with Crippen molar-refractivity contribution in [3.05, 3.63) is 34.9 Å². The van der Waals surface area contributed by atoms with Gasteiger partial charge in [0.2, 0.25) is 0 Å². The number of nitrogens with zero attached hydrogens (tertiary/aromatic N) is 1. The molecule has 0 aliphatic carbocycles. The fraction of sp³-hybridized carbons (Fsp3) is 0.462. The quantitative estimate of drug-likeness (QED) is 0.901. The molecule has 1 aliphatic heterocycles. The van der Waals surface area contributed by atoms with E-state index in [-0.39, 0.29) is 12.0 Å². The van der Waals surface area contributed by atoms with Gasteiger partial charge in [0.1, 0.15) is 0 Å². The van der Waals surface area contributed by atoms with Gasteiger partial charge in [0.25, 0.3) is 0 Å². The monoisotopic (exact) mass is 253 g/mol. The Bertz CT molecular complexity index is 404. The highest BCUT2D eigenvalue weighted by Crippen LogP contribution is 2.28. The summed E-state index contributed by atoms with van der Waals surface area (Å²) in [4.78, 5) is 13.1. The fourth-order valence-corrected chi connectivity index (χ4v) is 2.42. The van der Waals surface area contributed by atoms with E-state index in [0.29, 0.717) is 6.54 Å². The molecule has 0 aromatic heterocycles. The second-order valence-corrected chi connectivity index (χ2v) is 4.98. The summed E-state index contributed by atoms with van der Waals surface area (Å²) < 4.78 is 0. The number of hydrogen-bond acceptors (Lipinski definition) is 2. The van der Waals surface area contributed by atoms with Crippen molar-refractivity contribution in [2.45, 2.75) is 19.4 Å². The van der Waals surface area contributed by atoms with E-state index in [1.165, 1.54) is 5.56 Å². The third kappa shape index (κ3) is 2.79. The van der Waals surface area contributed by atoms with Crippen molar-refractivity contribution in [3.8, 4) is 0 Å². The van der Waals surface area contributed by atoms with E-state index in [2.05, 4.69) is 11.8 Å². The van der Waals surface area contributed by atoms with Gasteiger partial charge in [-0.2, -0.15) is 0 Å². The Labute approximate surface area is 106 Å². The van der Waals surface area contributed by atoms with Crippen molar-refractivity contribution in [2.75, 3.05) is 13.1 Å². The van der Waals surface area contributed by atoms with Crippen LogP contribution >= 0.6 is 11.6 Å². The zero-order valence-electron chi connectivity index (χ0n) is 9.77. The molecule has 1 fully saturated rings. The highest BCUT2D eigenvalue weighted by atomic mass is 35.5. The number of aliphatic carboxylic acids is 1. The van der Waals surface area contributed by atoms with Gasteiger partial charge in [-0.1, -0.05) is 23.7 Å². The Morgan fingerprint density at radius 2 is 2.12 bits per heavy atom. The summed E-state index contributed by atoms with van der Waals surface area (Å²) in [5.41, 5.74) is 1.18. The molecule has 0 spiro atoms. The van der Waals surface area contributed by atoms with Crippen LogP contribution in [0.5, 0.6) is 0 Å².